The Kier molecular flexibility index (Phi) is 7.62. The van der Waals surface area contributed by atoms with Crippen molar-refractivity contribution in [1.82, 2.24) is 20.4 Å². The highest BCUT2D eigenvalue weighted by molar-refractivity contribution is 5.75. The number of hydrogen-bond acceptors (Lipinski definition) is 5. The summed E-state index contributed by atoms with van der Waals surface area (Å²) >= 11 is 0. The molecule has 28 heavy (non-hydrogen) atoms. The van der Waals surface area contributed by atoms with Gasteiger partial charge in [-0.15, -0.1) is 0 Å². The first-order valence-corrected chi connectivity index (χ1v) is 10.1. The number of piperazine rings is 1. The van der Waals surface area contributed by atoms with E-state index in [1.807, 2.05) is 23.1 Å². The molecule has 1 aromatic carbocycles. The average Bonchev–Trinajstić information content (AvgIpc) is 2.75. The molecule has 2 fully saturated rings. The molecule has 0 saturated carbocycles. The van der Waals surface area contributed by atoms with Gasteiger partial charge in [0.15, 0.2) is 0 Å². The molecule has 7 heteroatoms. The minimum absolute atomic E-state index is 0.0257. The highest BCUT2D eigenvalue weighted by Gasteiger charge is 2.36. The number of benzene rings is 1. The first-order chi connectivity index (χ1) is 13.7. The molecule has 3 rings (SSSR count). The number of hydrogen-bond donors (Lipinski definition) is 2. The fourth-order valence-electron chi connectivity index (χ4n) is 3.92. The summed E-state index contributed by atoms with van der Waals surface area (Å²) in [7, 11) is 0. The molecule has 7 nitrogen and oxygen atoms in total. The normalized spacial score (nSPS) is 19.6. The first kappa shape index (κ1) is 20.6. The van der Waals surface area contributed by atoms with Crippen molar-refractivity contribution in [3.8, 4) is 0 Å². The second-order valence-corrected chi connectivity index (χ2v) is 7.35. The molecule has 1 aromatic rings. The van der Waals surface area contributed by atoms with Crippen LogP contribution in [0, 0.1) is 0 Å². The smallest absolute Gasteiger partial charge is 0.318 e. The highest BCUT2D eigenvalue weighted by Crippen LogP contribution is 2.30. The van der Waals surface area contributed by atoms with E-state index in [1.165, 1.54) is 11.6 Å². The second kappa shape index (κ2) is 10.4. The minimum atomic E-state index is -0.291. The topological polar surface area (TPSA) is 73.9 Å². The van der Waals surface area contributed by atoms with Gasteiger partial charge in [-0.25, -0.2) is 9.59 Å². The summed E-state index contributed by atoms with van der Waals surface area (Å²) in [5.41, 5.74) is 0.894. The van der Waals surface area contributed by atoms with Gasteiger partial charge in [0.1, 0.15) is 5.94 Å². The van der Waals surface area contributed by atoms with E-state index in [9.17, 15) is 9.59 Å². The Morgan fingerprint density at radius 3 is 2.57 bits per heavy atom. The molecule has 0 atom stereocenters. The quantitative estimate of drug-likeness (QED) is 0.540. The predicted molar refractivity (Wildman–Crippen MR) is 108 cm³/mol. The van der Waals surface area contributed by atoms with Crippen LogP contribution in [-0.2, 0) is 15.1 Å². The number of ether oxygens (including phenoxy) is 1. The summed E-state index contributed by atoms with van der Waals surface area (Å²) < 4.78 is 5.36. The highest BCUT2D eigenvalue weighted by atomic mass is 16.5. The van der Waals surface area contributed by atoms with E-state index < -0.39 is 0 Å². The lowest BCUT2D eigenvalue weighted by atomic mass is 9.81. The molecule has 0 bridgehead atoms. The van der Waals surface area contributed by atoms with E-state index in [0.717, 1.165) is 45.6 Å². The van der Waals surface area contributed by atoms with Gasteiger partial charge in [0.25, 0.3) is 0 Å². The minimum Gasteiger partial charge on any atom is -0.375 e. The van der Waals surface area contributed by atoms with Crippen LogP contribution in [0.3, 0.4) is 0 Å². The fraction of sp³-hybridized carbons (Fsp3) is 0.571. The number of nitrogens with one attached hydrogen (secondary N) is 2. The largest absolute Gasteiger partial charge is 0.375 e. The van der Waals surface area contributed by atoms with Crippen LogP contribution in [0.4, 0.5) is 4.79 Å². The monoisotopic (exact) mass is 386 g/mol. The van der Waals surface area contributed by atoms with Gasteiger partial charge in [-0.2, -0.15) is 0 Å². The lowest BCUT2D eigenvalue weighted by Crippen LogP contribution is -2.58. The van der Waals surface area contributed by atoms with Gasteiger partial charge in [-0.1, -0.05) is 30.3 Å². The zero-order valence-electron chi connectivity index (χ0n) is 16.4. The molecule has 2 saturated heterocycles. The number of carbonyl (C=O) groups is 1. The van der Waals surface area contributed by atoms with Crippen LogP contribution < -0.4 is 10.6 Å². The third kappa shape index (κ3) is 5.42. The third-order valence-electron chi connectivity index (χ3n) is 5.63. The van der Waals surface area contributed by atoms with Crippen LogP contribution in [0.1, 0.15) is 18.4 Å². The van der Waals surface area contributed by atoms with Crippen LogP contribution in [0.15, 0.2) is 36.4 Å². The average molecular weight is 386 g/mol. The number of nitrogens with zero attached hydrogens (tertiary/aromatic N) is 2. The molecular formula is C21H30N4O3. The van der Waals surface area contributed by atoms with Crippen molar-refractivity contribution in [2.24, 2.45) is 0 Å². The lowest BCUT2D eigenvalue weighted by molar-refractivity contribution is 0.0908. The van der Waals surface area contributed by atoms with E-state index in [2.05, 4.69) is 27.7 Å². The molecule has 2 heterocycles. The van der Waals surface area contributed by atoms with Crippen molar-refractivity contribution >= 4 is 12.0 Å². The van der Waals surface area contributed by atoms with Crippen molar-refractivity contribution in [2.45, 2.75) is 18.4 Å². The summed E-state index contributed by atoms with van der Waals surface area (Å²) in [5, 5.41) is 6.76. The lowest BCUT2D eigenvalue weighted by Gasteiger charge is -2.42. The summed E-state index contributed by atoms with van der Waals surface area (Å²) in [5.74, 6) is 1.70. The van der Waals surface area contributed by atoms with E-state index in [4.69, 9.17) is 4.74 Å². The molecule has 0 aromatic heterocycles. The molecule has 0 unspecified atom stereocenters. The van der Waals surface area contributed by atoms with Crippen LogP contribution in [0.2, 0.25) is 0 Å². The van der Waals surface area contributed by atoms with Crippen LogP contribution in [0.5, 0.6) is 0 Å². The van der Waals surface area contributed by atoms with Crippen molar-refractivity contribution in [3.63, 3.8) is 0 Å². The maximum Gasteiger partial charge on any atom is 0.318 e. The number of urea groups is 1. The zero-order valence-corrected chi connectivity index (χ0v) is 16.4. The second-order valence-electron chi connectivity index (χ2n) is 7.35. The Morgan fingerprint density at radius 2 is 1.89 bits per heavy atom. The Hall–Kier alpha value is -2.18. The number of amides is 2. The number of rotatable bonds is 7. The first-order valence-electron chi connectivity index (χ1n) is 10.1. The van der Waals surface area contributed by atoms with Crippen LogP contribution in [-0.4, -0.2) is 80.8 Å². The molecule has 2 N–H and O–H groups in total. The fourth-order valence-corrected chi connectivity index (χ4v) is 3.92. The van der Waals surface area contributed by atoms with Gasteiger partial charge < -0.3 is 20.3 Å². The predicted octanol–water partition coefficient (Wildman–Crippen LogP) is 0.997. The zero-order chi connectivity index (χ0) is 19.7. The van der Waals surface area contributed by atoms with Gasteiger partial charge in [0.05, 0.1) is 18.8 Å². The summed E-state index contributed by atoms with van der Waals surface area (Å²) in [4.78, 5) is 27.3. The molecule has 0 aliphatic carbocycles. The third-order valence-corrected chi connectivity index (χ3v) is 5.63. The molecule has 0 spiro atoms. The van der Waals surface area contributed by atoms with Gasteiger partial charge >= 0.3 is 6.03 Å². The Morgan fingerprint density at radius 1 is 1.18 bits per heavy atom. The molecule has 2 aliphatic heterocycles. The van der Waals surface area contributed by atoms with Crippen molar-refractivity contribution in [2.75, 3.05) is 59.0 Å². The molecule has 2 amide bonds. The van der Waals surface area contributed by atoms with Gasteiger partial charge in [0, 0.05) is 38.8 Å². The SMILES string of the molecule is O=C=CCOCCN1CCN(C(=O)NC2(c3ccccc3)CCNCC2)CC1. The Labute approximate surface area is 166 Å². The molecule has 152 valence electrons. The van der Waals surface area contributed by atoms with Crippen molar-refractivity contribution in [1.29, 1.82) is 0 Å². The standard InChI is InChI=1S/C21H30N4O3/c26-16-4-17-28-18-15-24-11-13-25(14-12-24)20(27)23-21(7-9-22-10-8-21)19-5-2-1-3-6-19/h1-6,22H,7-15,17-18H2,(H,23,27). The van der Waals surface area contributed by atoms with Crippen molar-refractivity contribution in [3.05, 3.63) is 42.0 Å². The molecule has 2 aliphatic rings. The maximum absolute atomic E-state index is 13.0. The number of carbonyl (C=O) groups excluding carboxylic acids is 2. The van der Waals surface area contributed by atoms with Gasteiger partial charge in [0.2, 0.25) is 0 Å². The molecular weight excluding hydrogens is 356 g/mol. The summed E-state index contributed by atoms with van der Waals surface area (Å²) in [6.45, 7) is 6.59. The number of piperidine rings is 1. The maximum atomic E-state index is 13.0. The van der Waals surface area contributed by atoms with E-state index in [1.54, 1.807) is 5.94 Å². The molecule has 0 radical (unpaired) electrons. The van der Waals surface area contributed by atoms with E-state index >= 15 is 0 Å². The Bertz CT molecular complexity index is 661. The summed E-state index contributed by atoms with van der Waals surface area (Å²) in [6, 6.07) is 10.3. The van der Waals surface area contributed by atoms with Gasteiger partial charge in [-0.3, -0.25) is 4.90 Å². The summed E-state index contributed by atoms with van der Waals surface area (Å²) in [6.07, 6.45) is 3.14. The van der Waals surface area contributed by atoms with E-state index in [-0.39, 0.29) is 11.6 Å². The van der Waals surface area contributed by atoms with Gasteiger partial charge in [-0.05, 0) is 31.5 Å². The van der Waals surface area contributed by atoms with Crippen LogP contribution >= 0.6 is 0 Å². The Balaban J connectivity index is 1.51. The van der Waals surface area contributed by atoms with Crippen LogP contribution in [0.25, 0.3) is 0 Å². The van der Waals surface area contributed by atoms with E-state index in [0.29, 0.717) is 26.3 Å². The van der Waals surface area contributed by atoms with Crippen molar-refractivity contribution < 1.29 is 14.3 Å².